The number of alkyl halides is 6. The van der Waals surface area contributed by atoms with Gasteiger partial charge in [-0.1, -0.05) is 23.7 Å². The molecule has 2 atom stereocenters. The number of aliphatic hydroxyl groups is 1. The SMILES string of the molecule is NC(=O)[C@H](NC(=O)Cn1nc(-c2ccc(Cl)cc2)n(C[C@H](O)C(F)(F)F)c1=O)c1cccc(C(F)(F)F)c1. The Bertz CT molecular complexity index is 1380. The third-order valence-corrected chi connectivity index (χ3v) is 5.44. The van der Waals surface area contributed by atoms with E-state index in [1.165, 1.54) is 24.3 Å². The van der Waals surface area contributed by atoms with E-state index >= 15 is 0 Å². The van der Waals surface area contributed by atoms with E-state index in [1.807, 2.05) is 0 Å². The maximum Gasteiger partial charge on any atom is 0.416 e. The van der Waals surface area contributed by atoms with Crippen molar-refractivity contribution in [2.45, 2.75) is 37.6 Å². The average Bonchev–Trinajstić information content (AvgIpc) is 3.11. The number of nitrogens with zero attached hydrogens (tertiary/aromatic N) is 3. The summed E-state index contributed by atoms with van der Waals surface area (Å²) in [5.74, 6) is -2.67. The van der Waals surface area contributed by atoms with Gasteiger partial charge in [-0.3, -0.25) is 14.2 Å². The molecule has 0 radical (unpaired) electrons. The molecular formula is C22H18ClF6N5O4. The van der Waals surface area contributed by atoms with Crippen molar-refractivity contribution in [3.05, 3.63) is 75.2 Å². The molecule has 2 aromatic carbocycles. The van der Waals surface area contributed by atoms with Crippen molar-refractivity contribution in [3.8, 4) is 11.4 Å². The minimum Gasteiger partial charge on any atom is -0.382 e. The molecule has 1 aromatic heterocycles. The average molecular weight is 566 g/mol. The molecule has 204 valence electrons. The number of carbonyl (C=O) groups excluding carboxylic acids is 2. The topological polar surface area (TPSA) is 132 Å². The lowest BCUT2D eigenvalue weighted by atomic mass is 10.0. The van der Waals surface area contributed by atoms with Gasteiger partial charge in [-0.25, -0.2) is 9.48 Å². The fourth-order valence-electron chi connectivity index (χ4n) is 3.35. The van der Waals surface area contributed by atoms with E-state index in [9.17, 15) is 45.8 Å². The number of halogens is 7. The second kappa shape index (κ2) is 10.9. The Morgan fingerprint density at radius 3 is 2.26 bits per heavy atom. The molecule has 0 bridgehead atoms. The van der Waals surface area contributed by atoms with Crippen LogP contribution in [0.2, 0.25) is 5.02 Å². The zero-order valence-corrected chi connectivity index (χ0v) is 19.7. The van der Waals surface area contributed by atoms with E-state index in [2.05, 4.69) is 10.4 Å². The summed E-state index contributed by atoms with van der Waals surface area (Å²) < 4.78 is 79.0. The van der Waals surface area contributed by atoms with Gasteiger partial charge in [0.2, 0.25) is 11.8 Å². The lowest BCUT2D eigenvalue weighted by Crippen LogP contribution is -2.41. The maximum absolute atomic E-state index is 13.0. The zero-order valence-electron chi connectivity index (χ0n) is 18.9. The van der Waals surface area contributed by atoms with Crippen LogP contribution in [0, 0.1) is 0 Å². The third-order valence-electron chi connectivity index (χ3n) is 5.19. The standard InChI is InChI=1S/C22H18ClF6N5O4/c23-14-6-4-11(5-7-14)19-32-34(20(38)33(19)9-15(35)22(27,28)29)10-16(36)31-17(18(30)37)12-2-1-3-13(8-12)21(24,25)26/h1-8,15,17,35H,9-10H2,(H2,30,37)(H,31,36)/t15-,17+/m0/s1. The molecule has 38 heavy (non-hydrogen) atoms. The summed E-state index contributed by atoms with van der Waals surface area (Å²) in [5, 5.41) is 15.7. The van der Waals surface area contributed by atoms with E-state index in [1.54, 1.807) is 0 Å². The van der Waals surface area contributed by atoms with Gasteiger partial charge >= 0.3 is 18.0 Å². The van der Waals surface area contributed by atoms with Crippen LogP contribution in [0.5, 0.6) is 0 Å². The number of aromatic nitrogens is 3. The van der Waals surface area contributed by atoms with E-state index in [-0.39, 0.29) is 22.0 Å². The largest absolute Gasteiger partial charge is 0.416 e. The number of aliphatic hydroxyl groups excluding tert-OH is 1. The maximum atomic E-state index is 13.0. The second-order valence-corrected chi connectivity index (χ2v) is 8.40. The van der Waals surface area contributed by atoms with Gasteiger partial charge in [0.05, 0.1) is 12.1 Å². The molecule has 0 unspecified atom stereocenters. The van der Waals surface area contributed by atoms with Crippen LogP contribution in [0.1, 0.15) is 17.2 Å². The van der Waals surface area contributed by atoms with Gasteiger partial charge in [-0.05, 0) is 42.0 Å². The predicted molar refractivity (Wildman–Crippen MR) is 121 cm³/mol. The highest BCUT2D eigenvalue weighted by molar-refractivity contribution is 6.30. The van der Waals surface area contributed by atoms with Gasteiger partial charge < -0.3 is 16.2 Å². The van der Waals surface area contributed by atoms with Gasteiger partial charge in [-0.2, -0.15) is 26.3 Å². The summed E-state index contributed by atoms with van der Waals surface area (Å²) in [7, 11) is 0. The van der Waals surface area contributed by atoms with E-state index < -0.39 is 60.7 Å². The lowest BCUT2D eigenvalue weighted by molar-refractivity contribution is -0.207. The highest BCUT2D eigenvalue weighted by Gasteiger charge is 2.39. The molecule has 0 aliphatic carbocycles. The molecule has 0 saturated carbocycles. The number of primary amides is 1. The molecule has 0 aliphatic rings. The van der Waals surface area contributed by atoms with Crippen molar-refractivity contribution in [1.29, 1.82) is 0 Å². The van der Waals surface area contributed by atoms with Crippen LogP contribution in [0.25, 0.3) is 11.4 Å². The van der Waals surface area contributed by atoms with Gasteiger partial charge in [-0.15, -0.1) is 5.10 Å². The molecule has 0 spiro atoms. The van der Waals surface area contributed by atoms with E-state index in [0.717, 1.165) is 18.2 Å². The van der Waals surface area contributed by atoms with Crippen molar-refractivity contribution in [1.82, 2.24) is 19.7 Å². The Labute approximate surface area is 214 Å². The van der Waals surface area contributed by atoms with Crippen LogP contribution in [0.15, 0.2) is 53.3 Å². The van der Waals surface area contributed by atoms with Crippen molar-refractivity contribution in [3.63, 3.8) is 0 Å². The molecule has 16 heteroatoms. The van der Waals surface area contributed by atoms with Crippen molar-refractivity contribution in [2.24, 2.45) is 5.73 Å². The number of amides is 2. The summed E-state index contributed by atoms with van der Waals surface area (Å²) in [5.41, 5.74) is 2.74. The molecule has 1 heterocycles. The first-order valence-corrected chi connectivity index (χ1v) is 10.9. The van der Waals surface area contributed by atoms with Crippen LogP contribution in [0.3, 0.4) is 0 Å². The molecule has 3 aromatic rings. The molecule has 4 N–H and O–H groups in total. The van der Waals surface area contributed by atoms with Gasteiger partial charge in [0.15, 0.2) is 11.9 Å². The Hall–Kier alpha value is -3.85. The fourth-order valence-corrected chi connectivity index (χ4v) is 3.48. The van der Waals surface area contributed by atoms with Crippen molar-refractivity contribution >= 4 is 23.4 Å². The number of benzene rings is 2. The van der Waals surface area contributed by atoms with Gasteiger partial charge in [0, 0.05) is 10.6 Å². The fraction of sp³-hybridized carbons (Fsp3) is 0.273. The number of rotatable bonds is 8. The summed E-state index contributed by atoms with van der Waals surface area (Å²) in [6.45, 7) is -2.20. The molecule has 2 amide bonds. The summed E-state index contributed by atoms with van der Waals surface area (Å²) in [4.78, 5) is 37.4. The van der Waals surface area contributed by atoms with E-state index in [4.69, 9.17) is 17.3 Å². The summed E-state index contributed by atoms with van der Waals surface area (Å²) in [6, 6.07) is 7.12. The quantitative estimate of drug-likeness (QED) is 0.361. The van der Waals surface area contributed by atoms with Crippen LogP contribution in [-0.4, -0.2) is 43.5 Å². The Morgan fingerprint density at radius 1 is 1.08 bits per heavy atom. The zero-order chi connectivity index (χ0) is 28.4. The normalized spacial score (nSPS) is 13.7. The lowest BCUT2D eigenvalue weighted by Gasteiger charge is -2.17. The minimum absolute atomic E-state index is 0.124. The number of nitrogens with one attached hydrogen (secondary N) is 1. The molecule has 0 saturated heterocycles. The van der Waals surface area contributed by atoms with Crippen LogP contribution < -0.4 is 16.7 Å². The summed E-state index contributed by atoms with van der Waals surface area (Å²) in [6.07, 6.45) is -12.8. The predicted octanol–water partition coefficient (Wildman–Crippen LogP) is 2.65. The van der Waals surface area contributed by atoms with Gasteiger partial charge in [0.1, 0.15) is 12.6 Å². The van der Waals surface area contributed by atoms with Crippen molar-refractivity contribution < 1.29 is 41.0 Å². The molecule has 0 fully saturated rings. The van der Waals surface area contributed by atoms with Crippen molar-refractivity contribution in [2.75, 3.05) is 0 Å². The highest BCUT2D eigenvalue weighted by Crippen LogP contribution is 2.31. The molecule has 0 aliphatic heterocycles. The third kappa shape index (κ3) is 6.72. The smallest absolute Gasteiger partial charge is 0.382 e. The molecule has 3 rings (SSSR count). The second-order valence-electron chi connectivity index (χ2n) is 7.96. The Morgan fingerprint density at radius 2 is 1.71 bits per heavy atom. The number of carbonyl (C=O) groups is 2. The van der Waals surface area contributed by atoms with Crippen LogP contribution >= 0.6 is 11.6 Å². The Balaban J connectivity index is 1.93. The summed E-state index contributed by atoms with van der Waals surface area (Å²) >= 11 is 5.81. The number of nitrogens with two attached hydrogens (primary N) is 1. The Kier molecular flexibility index (Phi) is 8.21. The highest BCUT2D eigenvalue weighted by atomic mass is 35.5. The number of hydrogen-bond donors (Lipinski definition) is 3. The first-order chi connectivity index (χ1) is 17.6. The molecule has 9 nitrogen and oxygen atoms in total. The monoisotopic (exact) mass is 565 g/mol. The van der Waals surface area contributed by atoms with Gasteiger partial charge in [0.25, 0.3) is 0 Å². The minimum atomic E-state index is -5.07. The van der Waals surface area contributed by atoms with Crippen LogP contribution in [0.4, 0.5) is 26.3 Å². The first-order valence-electron chi connectivity index (χ1n) is 10.5. The van der Waals surface area contributed by atoms with E-state index in [0.29, 0.717) is 15.3 Å². The molecular weight excluding hydrogens is 548 g/mol. The van der Waals surface area contributed by atoms with Crippen LogP contribution in [-0.2, 0) is 28.9 Å². The number of hydrogen-bond acceptors (Lipinski definition) is 5. The first kappa shape index (κ1) is 28.7.